The Morgan fingerprint density at radius 3 is 2.52 bits per heavy atom. The van der Waals surface area contributed by atoms with Gasteiger partial charge in [0.2, 0.25) is 5.91 Å². The number of hydrogen-bond acceptors (Lipinski definition) is 4. The third-order valence-electron chi connectivity index (χ3n) is 5.15. The van der Waals surface area contributed by atoms with Crippen molar-refractivity contribution in [2.45, 2.75) is 19.4 Å². The molecule has 1 aromatic heterocycles. The highest BCUT2D eigenvalue weighted by atomic mass is 32.1. The van der Waals surface area contributed by atoms with Crippen molar-refractivity contribution in [2.75, 3.05) is 23.3 Å². The number of nitriles is 1. The summed E-state index contributed by atoms with van der Waals surface area (Å²) < 4.78 is 0. The molecule has 0 spiro atoms. The van der Waals surface area contributed by atoms with Crippen molar-refractivity contribution in [1.29, 1.82) is 5.26 Å². The van der Waals surface area contributed by atoms with Crippen molar-refractivity contribution in [3.05, 3.63) is 82.0 Å². The van der Waals surface area contributed by atoms with Crippen molar-refractivity contribution in [1.82, 2.24) is 4.90 Å². The summed E-state index contributed by atoms with van der Waals surface area (Å²) in [4.78, 5) is 29.8. The van der Waals surface area contributed by atoms with Gasteiger partial charge in [-0.25, -0.2) is 4.79 Å². The zero-order valence-corrected chi connectivity index (χ0v) is 17.8. The van der Waals surface area contributed by atoms with Gasteiger partial charge in [0, 0.05) is 35.9 Å². The van der Waals surface area contributed by atoms with Crippen molar-refractivity contribution < 1.29 is 9.59 Å². The average molecular weight is 431 g/mol. The Bertz CT molecular complexity index is 1090. The number of carbonyl (C=O) groups excluding carboxylic acids is 2. The highest BCUT2D eigenvalue weighted by Crippen LogP contribution is 2.23. The molecule has 3 aromatic rings. The molecule has 0 atom stereocenters. The minimum atomic E-state index is -0.0576. The summed E-state index contributed by atoms with van der Waals surface area (Å²) in [5, 5.41) is 13.8. The minimum Gasteiger partial charge on any atom is -0.326 e. The Kier molecular flexibility index (Phi) is 6.29. The number of hydrogen-bond donors (Lipinski definition) is 1. The molecule has 0 aliphatic carbocycles. The molecule has 1 fully saturated rings. The molecular formula is C24H22N4O2S. The van der Waals surface area contributed by atoms with Crippen molar-refractivity contribution in [2.24, 2.45) is 0 Å². The number of carbonyl (C=O) groups is 2. The molecule has 4 rings (SSSR count). The summed E-state index contributed by atoms with van der Waals surface area (Å²) in [6, 6.07) is 20.6. The molecule has 0 saturated carbocycles. The zero-order chi connectivity index (χ0) is 21.6. The van der Waals surface area contributed by atoms with Gasteiger partial charge in [0.05, 0.1) is 18.1 Å². The lowest BCUT2D eigenvalue weighted by Gasteiger charge is -2.35. The van der Waals surface area contributed by atoms with Crippen LogP contribution in [0.15, 0.2) is 66.0 Å². The molecule has 1 saturated heterocycles. The van der Waals surface area contributed by atoms with E-state index < -0.39 is 0 Å². The van der Waals surface area contributed by atoms with Crippen LogP contribution in [0.5, 0.6) is 0 Å². The van der Waals surface area contributed by atoms with E-state index in [-0.39, 0.29) is 11.9 Å². The number of anilines is 2. The topological polar surface area (TPSA) is 76.4 Å². The van der Waals surface area contributed by atoms with Gasteiger partial charge in [-0.15, -0.1) is 11.3 Å². The lowest BCUT2D eigenvalue weighted by atomic mass is 10.1. The molecule has 6 nitrogen and oxygen atoms in total. The lowest BCUT2D eigenvalue weighted by Crippen LogP contribution is -2.49. The number of amides is 3. The number of nitrogens with zero attached hydrogens (tertiary/aromatic N) is 3. The van der Waals surface area contributed by atoms with Crippen molar-refractivity contribution in [3.63, 3.8) is 0 Å². The Morgan fingerprint density at radius 1 is 1.06 bits per heavy atom. The van der Waals surface area contributed by atoms with E-state index in [4.69, 9.17) is 5.26 Å². The molecule has 1 aliphatic rings. The van der Waals surface area contributed by atoms with Crippen LogP contribution in [0.2, 0.25) is 0 Å². The first-order chi connectivity index (χ1) is 15.1. The third-order valence-corrected chi connectivity index (χ3v) is 6.02. The van der Waals surface area contributed by atoms with Crippen LogP contribution in [-0.4, -0.2) is 29.9 Å². The van der Waals surface area contributed by atoms with Gasteiger partial charge in [0.1, 0.15) is 0 Å². The van der Waals surface area contributed by atoms with Gasteiger partial charge in [-0.1, -0.05) is 18.2 Å². The number of benzene rings is 2. The van der Waals surface area contributed by atoms with Gasteiger partial charge >= 0.3 is 6.03 Å². The van der Waals surface area contributed by atoms with E-state index in [0.29, 0.717) is 37.3 Å². The predicted molar refractivity (Wildman–Crippen MR) is 122 cm³/mol. The zero-order valence-electron chi connectivity index (χ0n) is 17.0. The predicted octanol–water partition coefficient (Wildman–Crippen LogP) is 4.63. The molecule has 1 N–H and O–H groups in total. The molecule has 3 amide bonds. The van der Waals surface area contributed by atoms with Gasteiger partial charge in [-0.3, -0.25) is 9.69 Å². The van der Waals surface area contributed by atoms with Crippen LogP contribution < -0.4 is 10.2 Å². The Labute approximate surface area is 185 Å². The lowest BCUT2D eigenvalue weighted by molar-refractivity contribution is -0.115. The molecule has 0 unspecified atom stereocenters. The van der Waals surface area contributed by atoms with Crippen molar-refractivity contribution in [3.8, 4) is 6.07 Å². The van der Waals surface area contributed by atoms with E-state index in [1.54, 1.807) is 28.4 Å². The molecule has 0 bridgehead atoms. The monoisotopic (exact) mass is 430 g/mol. The Morgan fingerprint density at radius 2 is 1.84 bits per heavy atom. The standard InChI is InChI=1S/C24H22N4O2S/c25-16-18-4-6-19(7-5-18)17-27-12-2-13-28(24(27)30)21-10-8-20(9-11-21)26-23(29)15-22-3-1-14-31-22/h1,3-11,14H,2,12-13,15,17H2,(H,26,29). The van der Waals surface area contributed by atoms with Gasteiger partial charge in [0.25, 0.3) is 0 Å². The fourth-order valence-electron chi connectivity index (χ4n) is 3.57. The molecule has 2 aromatic carbocycles. The summed E-state index contributed by atoms with van der Waals surface area (Å²) in [6.07, 6.45) is 1.23. The summed E-state index contributed by atoms with van der Waals surface area (Å²) in [7, 11) is 0. The largest absolute Gasteiger partial charge is 0.326 e. The van der Waals surface area contributed by atoms with E-state index in [9.17, 15) is 9.59 Å². The van der Waals surface area contributed by atoms with E-state index in [2.05, 4.69) is 11.4 Å². The van der Waals surface area contributed by atoms with Crippen LogP contribution in [0, 0.1) is 11.3 Å². The van der Waals surface area contributed by atoms with E-state index >= 15 is 0 Å². The Hall–Kier alpha value is -3.63. The maximum atomic E-state index is 13.0. The second-order valence-electron chi connectivity index (χ2n) is 7.37. The van der Waals surface area contributed by atoms with Gasteiger partial charge < -0.3 is 10.2 Å². The normalized spacial score (nSPS) is 13.7. The maximum absolute atomic E-state index is 13.0. The molecule has 0 radical (unpaired) electrons. The highest BCUT2D eigenvalue weighted by Gasteiger charge is 2.26. The second-order valence-corrected chi connectivity index (χ2v) is 8.40. The number of urea groups is 1. The molecule has 2 heterocycles. The number of rotatable bonds is 6. The fraction of sp³-hybridized carbons (Fsp3) is 0.208. The number of nitrogens with one attached hydrogen (secondary N) is 1. The highest BCUT2D eigenvalue weighted by molar-refractivity contribution is 7.10. The molecule has 31 heavy (non-hydrogen) atoms. The third kappa shape index (κ3) is 5.11. The van der Waals surface area contributed by atoms with Crippen LogP contribution >= 0.6 is 11.3 Å². The van der Waals surface area contributed by atoms with Crippen LogP contribution in [0.4, 0.5) is 16.2 Å². The molecule has 156 valence electrons. The average Bonchev–Trinajstić information content (AvgIpc) is 3.29. The van der Waals surface area contributed by atoms with Crippen LogP contribution in [-0.2, 0) is 17.8 Å². The van der Waals surface area contributed by atoms with E-state index in [1.165, 1.54) is 0 Å². The van der Waals surface area contributed by atoms with Gasteiger partial charge in [-0.05, 0) is 59.8 Å². The van der Waals surface area contributed by atoms with Crippen LogP contribution in [0.1, 0.15) is 22.4 Å². The molecule has 1 aliphatic heterocycles. The second kappa shape index (κ2) is 9.45. The van der Waals surface area contributed by atoms with Crippen molar-refractivity contribution >= 4 is 34.6 Å². The fourth-order valence-corrected chi connectivity index (χ4v) is 4.28. The molecular weight excluding hydrogens is 408 g/mol. The SMILES string of the molecule is N#Cc1ccc(CN2CCCN(c3ccc(NC(=O)Cc4cccs4)cc3)C2=O)cc1. The van der Waals surface area contributed by atoms with Gasteiger partial charge in [-0.2, -0.15) is 5.26 Å². The van der Waals surface area contributed by atoms with Crippen LogP contribution in [0.25, 0.3) is 0 Å². The molecule has 7 heteroatoms. The smallest absolute Gasteiger partial charge is 0.324 e. The number of thiophene rings is 1. The first-order valence-electron chi connectivity index (χ1n) is 10.1. The summed E-state index contributed by atoms with van der Waals surface area (Å²) >= 11 is 1.56. The maximum Gasteiger partial charge on any atom is 0.324 e. The van der Waals surface area contributed by atoms with Crippen LogP contribution in [0.3, 0.4) is 0 Å². The first kappa shape index (κ1) is 20.6. The van der Waals surface area contributed by atoms with E-state index in [1.807, 2.05) is 58.8 Å². The quantitative estimate of drug-likeness (QED) is 0.619. The first-order valence-corrected chi connectivity index (χ1v) is 11.0. The van der Waals surface area contributed by atoms with Gasteiger partial charge in [0.15, 0.2) is 0 Å². The van der Waals surface area contributed by atoms with E-state index in [0.717, 1.165) is 22.5 Å². The Balaban J connectivity index is 1.38. The minimum absolute atomic E-state index is 0.0370. The summed E-state index contributed by atoms with van der Waals surface area (Å²) in [6.45, 7) is 1.87. The summed E-state index contributed by atoms with van der Waals surface area (Å²) in [5.74, 6) is -0.0576. The summed E-state index contributed by atoms with van der Waals surface area (Å²) in [5.41, 5.74) is 3.13.